The Morgan fingerprint density at radius 2 is 1.48 bits per heavy atom. The first-order valence-electron chi connectivity index (χ1n) is 10.9. The average molecular weight is 421 g/mol. The van der Waals surface area contributed by atoms with Crippen LogP contribution < -0.4 is 0 Å². The first-order valence-corrected chi connectivity index (χ1v) is 12.3. The van der Waals surface area contributed by atoms with Gasteiger partial charge in [-0.05, 0) is 87.0 Å². The fourth-order valence-corrected chi connectivity index (χ4v) is 8.27. The Kier molecular flexibility index (Phi) is 4.74. The number of sulfonamides is 1. The van der Waals surface area contributed by atoms with E-state index in [0.717, 1.165) is 19.3 Å². The van der Waals surface area contributed by atoms with Crippen LogP contribution in [0.1, 0.15) is 44.9 Å². The van der Waals surface area contributed by atoms with Crippen molar-refractivity contribution in [3.63, 3.8) is 0 Å². The molecule has 158 valence electrons. The van der Waals surface area contributed by atoms with E-state index in [4.69, 9.17) is 0 Å². The maximum atomic E-state index is 13.6. The number of carbonyl (C=O) groups is 1. The first kappa shape index (κ1) is 19.5. The Morgan fingerprint density at radius 3 is 2.07 bits per heavy atom. The molecule has 1 aliphatic heterocycles. The molecule has 0 spiro atoms. The summed E-state index contributed by atoms with van der Waals surface area (Å²) in [6, 6.07) is 4.98. The zero-order valence-corrected chi connectivity index (χ0v) is 17.5. The fourth-order valence-electron chi connectivity index (χ4n) is 6.80. The van der Waals surface area contributed by atoms with Crippen molar-refractivity contribution < 1.29 is 17.6 Å². The largest absolute Gasteiger partial charge is 0.341 e. The van der Waals surface area contributed by atoms with Crippen molar-refractivity contribution in [2.24, 2.45) is 23.2 Å². The van der Waals surface area contributed by atoms with Crippen molar-refractivity contribution in [3.05, 3.63) is 30.1 Å². The smallest absolute Gasteiger partial charge is 0.243 e. The van der Waals surface area contributed by atoms with Gasteiger partial charge in [0.25, 0.3) is 0 Å². The molecular formula is C22H29FN2O3S. The Hall–Kier alpha value is -1.47. The molecule has 1 amide bonds. The predicted octanol–water partition coefficient (Wildman–Crippen LogP) is 3.27. The lowest BCUT2D eigenvalue weighted by Crippen LogP contribution is -2.55. The van der Waals surface area contributed by atoms with Gasteiger partial charge in [0.05, 0.1) is 10.3 Å². The minimum Gasteiger partial charge on any atom is -0.341 e. The second kappa shape index (κ2) is 7.05. The fraction of sp³-hybridized carbons (Fsp3) is 0.682. The van der Waals surface area contributed by atoms with Gasteiger partial charge in [0.15, 0.2) is 0 Å². The number of amides is 1. The van der Waals surface area contributed by atoms with Gasteiger partial charge in [0.2, 0.25) is 15.9 Å². The maximum Gasteiger partial charge on any atom is 0.243 e. The highest BCUT2D eigenvalue weighted by Gasteiger charge is 2.55. The molecule has 0 N–H and O–H groups in total. The Balaban J connectivity index is 1.30. The van der Waals surface area contributed by atoms with Crippen molar-refractivity contribution in [1.29, 1.82) is 0 Å². The second-order valence-electron chi connectivity index (χ2n) is 9.70. The number of nitrogens with zero attached hydrogens (tertiary/aromatic N) is 2. The Morgan fingerprint density at radius 1 is 0.897 bits per heavy atom. The highest BCUT2D eigenvalue weighted by atomic mass is 32.2. The number of hydrogen-bond donors (Lipinski definition) is 0. The van der Waals surface area contributed by atoms with Crippen LogP contribution in [0.2, 0.25) is 0 Å². The zero-order valence-electron chi connectivity index (χ0n) is 16.7. The lowest BCUT2D eigenvalue weighted by atomic mass is 9.49. The molecule has 5 aliphatic rings. The highest BCUT2D eigenvalue weighted by Crippen LogP contribution is 2.60. The topological polar surface area (TPSA) is 57.7 Å². The van der Waals surface area contributed by atoms with Gasteiger partial charge in [-0.3, -0.25) is 4.79 Å². The standard InChI is InChI=1S/C22H29FN2O3S/c23-19-2-4-20(5-3-19)29(27,28)25-7-1-6-24(8-9-25)21(26)22-13-16-10-17(14-22)12-18(11-16)15-22/h2-5,16-18H,1,6-15H2. The highest BCUT2D eigenvalue weighted by molar-refractivity contribution is 7.89. The van der Waals surface area contributed by atoms with Crippen LogP contribution in [0.4, 0.5) is 4.39 Å². The van der Waals surface area contributed by atoms with Crippen molar-refractivity contribution in [3.8, 4) is 0 Å². The van der Waals surface area contributed by atoms with Crippen LogP contribution in [0.5, 0.6) is 0 Å². The third-order valence-corrected chi connectivity index (χ3v) is 9.60. The van der Waals surface area contributed by atoms with Crippen LogP contribution in [0, 0.1) is 29.0 Å². The molecule has 4 saturated carbocycles. The Labute approximate surface area is 172 Å². The molecule has 0 aromatic heterocycles. The van der Waals surface area contributed by atoms with E-state index in [1.54, 1.807) is 0 Å². The molecule has 1 aromatic carbocycles. The SMILES string of the molecule is O=C(N1CCCN(S(=O)(=O)c2ccc(F)cc2)CC1)C12CC3CC(CC(C3)C1)C2. The van der Waals surface area contributed by atoms with Crippen LogP contribution in [0.25, 0.3) is 0 Å². The van der Waals surface area contributed by atoms with Crippen LogP contribution in [-0.2, 0) is 14.8 Å². The number of hydrogen-bond acceptors (Lipinski definition) is 3. The van der Waals surface area contributed by atoms with Crippen molar-refractivity contribution in [2.45, 2.75) is 49.8 Å². The van der Waals surface area contributed by atoms with E-state index in [0.29, 0.717) is 50.4 Å². The predicted molar refractivity (Wildman–Crippen MR) is 107 cm³/mol. The molecule has 4 aliphatic carbocycles. The summed E-state index contributed by atoms with van der Waals surface area (Å²) in [6.45, 7) is 1.76. The number of benzene rings is 1. The van der Waals surface area contributed by atoms with E-state index in [9.17, 15) is 17.6 Å². The molecule has 0 atom stereocenters. The number of rotatable bonds is 3. The van der Waals surface area contributed by atoms with E-state index in [1.165, 1.54) is 47.8 Å². The quantitative estimate of drug-likeness (QED) is 0.754. The third-order valence-electron chi connectivity index (χ3n) is 7.69. The molecule has 29 heavy (non-hydrogen) atoms. The van der Waals surface area contributed by atoms with Crippen LogP contribution in [0.3, 0.4) is 0 Å². The van der Waals surface area contributed by atoms with E-state index < -0.39 is 15.8 Å². The van der Waals surface area contributed by atoms with Gasteiger partial charge in [-0.25, -0.2) is 12.8 Å². The van der Waals surface area contributed by atoms with Gasteiger partial charge in [0.1, 0.15) is 5.82 Å². The second-order valence-corrected chi connectivity index (χ2v) is 11.6. The first-order chi connectivity index (χ1) is 13.9. The average Bonchev–Trinajstić information content (AvgIpc) is 2.93. The van der Waals surface area contributed by atoms with Gasteiger partial charge in [-0.1, -0.05) is 0 Å². The molecule has 7 heteroatoms. The molecule has 6 rings (SSSR count). The summed E-state index contributed by atoms with van der Waals surface area (Å²) in [5.74, 6) is 1.97. The molecule has 0 unspecified atom stereocenters. The van der Waals surface area contributed by atoms with Crippen molar-refractivity contribution in [1.82, 2.24) is 9.21 Å². The van der Waals surface area contributed by atoms with E-state index in [2.05, 4.69) is 0 Å². The van der Waals surface area contributed by atoms with Crippen LogP contribution >= 0.6 is 0 Å². The van der Waals surface area contributed by atoms with Crippen LogP contribution in [-0.4, -0.2) is 49.7 Å². The number of carbonyl (C=O) groups excluding carboxylic acids is 1. The van der Waals surface area contributed by atoms with Gasteiger partial charge >= 0.3 is 0 Å². The van der Waals surface area contributed by atoms with E-state index in [1.807, 2.05) is 4.90 Å². The van der Waals surface area contributed by atoms with Crippen LogP contribution in [0.15, 0.2) is 29.2 Å². The summed E-state index contributed by atoms with van der Waals surface area (Å²) < 4.78 is 40.5. The molecule has 1 saturated heterocycles. The third kappa shape index (κ3) is 3.40. The summed E-state index contributed by atoms with van der Waals surface area (Å²) in [7, 11) is -3.67. The molecule has 0 radical (unpaired) electrons. The lowest BCUT2D eigenvalue weighted by Gasteiger charge is -2.56. The molecule has 1 aromatic rings. The molecule has 5 nitrogen and oxygen atoms in total. The molecule has 4 bridgehead atoms. The van der Waals surface area contributed by atoms with E-state index >= 15 is 0 Å². The minimum atomic E-state index is -3.67. The molecular weight excluding hydrogens is 391 g/mol. The Bertz CT molecular complexity index is 864. The van der Waals surface area contributed by atoms with Crippen molar-refractivity contribution >= 4 is 15.9 Å². The summed E-state index contributed by atoms with van der Waals surface area (Å²) in [4.78, 5) is 15.6. The normalized spacial score (nSPS) is 34.9. The minimum absolute atomic E-state index is 0.111. The summed E-state index contributed by atoms with van der Waals surface area (Å²) >= 11 is 0. The van der Waals surface area contributed by atoms with Gasteiger partial charge in [-0.2, -0.15) is 4.31 Å². The van der Waals surface area contributed by atoms with Gasteiger partial charge in [0, 0.05) is 26.2 Å². The van der Waals surface area contributed by atoms with E-state index in [-0.39, 0.29) is 16.2 Å². The molecule has 1 heterocycles. The summed E-state index contributed by atoms with van der Waals surface area (Å²) in [6.07, 6.45) is 7.64. The summed E-state index contributed by atoms with van der Waals surface area (Å²) in [5.41, 5.74) is -0.181. The summed E-state index contributed by atoms with van der Waals surface area (Å²) in [5, 5.41) is 0. The molecule has 5 fully saturated rings. The van der Waals surface area contributed by atoms with Gasteiger partial charge < -0.3 is 4.90 Å². The maximum absolute atomic E-state index is 13.6. The number of halogens is 1. The monoisotopic (exact) mass is 420 g/mol. The van der Waals surface area contributed by atoms with Crippen molar-refractivity contribution in [2.75, 3.05) is 26.2 Å². The van der Waals surface area contributed by atoms with Gasteiger partial charge in [-0.15, -0.1) is 0 Å². The zero-order chi connectivity index (χ0) is 20.2. The lowest BCUT2D eigenvalue weighted by molar-refractivity contribution is -0.157.